The Kier molecular flexibility index (Phi) is 3.96. The number of nitrogens with zero attached hydrogens (tertiary/aromatic N) is 1. The van der Waals surface area contributed by atoms with Gasteiger partial charge < -0.3 is 24.5 Å². The lowest BCUT2D eigenvalue weighted by molar-refractivity contribution is 0.174. The van der Waals surface area contributed by atoms with Gasteiger partial charge in [0.25, 0.3) is 0 Å². The lowest BCUT2D eigenvalue weighted by Gasteiger charge is -2.06. The standard InChI is InChI=1S/C18H15N3O4/c22-18(21-13-6-7-14-15(8-13)24-11-23-14)20-10-17-19-9-16(25-17)12-4-2-1-3-5-12/h1-9H,10-11H2,(H2,20,21,22). The zero-order valence-corrected chi connectivity index (χ0v) is 13.2. The van der Waals surface area contributed by atoms with Crippen LogP contribution in [-0.2, 0) is 6.54 Å². The van der Waals surface area contributed by atoms with Crippen LogP contribution in [0.2, 0.25) is 0 Å². The fraction of sp³-hybridized carbons (Fsp3) is 0.111. The number of amides is 2. The average molecular weight is 337 g/mol. The van der Waals surface area contributed by atoms with Crippen LogP contribution in [0.4, 0.5) is 10.5 Å². The molecular formula is C18H15N3O4. The van der Waals surface area contributed by atoms with Gasteiger partial charge in [-0.15, -0.1) is 0 Å². The van der Waals surface area contributed by atoms with Gasteiger partial charge in [0.2, 0.25) is 12.7 Å². The number of hydrogen-bond donors (Lipinski definition) is 2. The van der Waals surface area contributed by atoms with Crippen molar-refractivity contribution in [1.82, 2.24) is 10.3 Å². The highest BCUT2D eigenvalue weighted by Gasteiger charge is 2.14. The molecule has 0 unspecified atom stereocenters. The highest BCUT2D eigenvalue weighted by atomic mass is 16.7. The summed E-state index contributed by atoms with van der Waals surface area (Å²) in [4.78, 5) is 16.2. The van der Waals surface area contributed by atoms with E-state index in [2.05, 4.69) is 15.6 Å². The fourth-order valence-corrected chi connectivity index (χ4v) is 2.43. The molecule has 4 rings (SSSR count). The number of carbonyl (C=O) groups is 1. The number of nitrogens with one attached hydrogen (secondary N) is 2. The average Bonchev–Trinajstić information content (AvgIpc) is 3.30. The molecule has 2 heterocycles. The van der Waals surface area contributed by atoms with E-state index in [1.807, 2.05) is 30.3 Å². The highest BCUT2D eigenvalue weighted by molar-refractivity contribution is 5.89. The zero-order chi connectivity index (χ0) is 17.1. The first-order chi connectivity index (χ1) is 12.3. The molecule has 7 nitrogen and oxygen atoms in total. The number of hydrogen-bond acceptors (Lipinski definition) is 5. The third-order valence-electron chi connectivity index (χ3n) is 3.64. The minimum atomic E-state index is -0.363. The summed E-state index contributed by atoms with van der Waals surface area (Å²) in [5.74, 6) is 2.37. The van der Waals surface area contributed by atoms with Crippen LogP contribution in [0.25, 0.3) is 11.3 Å². The van der Waals surface area contributed by atoms with E-state index in [-0.39, 0.29) is 19.4 Å². The number of benzene rings is 2. The van der Waals surface area contributed by atoms with Crippen molar-refractivity contribution in [3.63, 3.8) is 0 Å². The van der Waals surface area contributed by atoms with Gasteiger partial charge in [0.15, 0.2) is 17.3 Å². The monoisotopic (exact) mass is 337 g/mol. The lowest BCUT2D eigenvalue weighted by Crippen LogP contribution is -2.28. The Morgan fingerprint density at radius 1 is 1.08 bits per heavy atom. The van der Waals surface area contributed by atoms with Crippen LogP contribution in [0, 0.1) is 0 Å². The van der Waals surface area contributed by atoms with Crippen molar-refractivity contribution < 1.29 is 18.7 Å². The third kappa shape index (κ3) is 3.40. The molecule has 0 saturated heterocycles. The van der Waals surface area contributed by atoms with E-state index in [1.165, 1.54) is 0 Å². The number of oxazole rings is 1. The van der Waals surface area contributed by atoms with Crippen molar-refractivity contribution in [2.24, 2.45) is 0 Å². The number of aromatic nitrogens is 1. The van der Waals surface area contributed by atoms with Gasteiger partial charge in [-0.05, 0) is 12.1 Å². The van der Waals surface area contributed by atoms with Crippen LogP contribution in [0.5, 0.6) is 11.5 Å². The van der Waals surface area contributed by atoms with Gasteiger partial charge in [0.1, 0.15) is 0 Å². The second kappa shape index (κ2) is 6.56. The Morgan fingerprint density at radius 2 is 1.92 bits per heavy atom. The molecule has 7 heteroatoms. The maximum absolute atomic E-state index is 12.0. The van der Waals surface area contributed by atoms with Crippen molar-refractivity contribution in [2.45, 2.75) is 6.54 Å². The Bertz CT molecular complexity index is 892. The molecule has 0 aliphatic carbocycles. The summed E-state index contributed by atoms with van der Waals surface area (Å²) in [6.45, 7) is 0.377. The minimum Gasteiger partial charge on any atom is -0.454 e. The Morgan fingerprint density at radius 3 is 2.80 bits per heavy atom. The van der Waals surface area contributed by atoms with E-state index < -0.39 is 0 Å². The van der Waals surface area contributed by atoms with E-state index in [0.717, 1.165) is 5.56 Å². The van der Waals surface area contributed by atoms with Crippen molar-refractivity contribution in [3.05, 3.63) is 60.6 Å². The molecule has 2 aromatic carbocycles. The topological polar surface area (TPSA) is 85.6 Å². The van der Waals surface area contributed by atoms with Gasteiger partial charge in [-0.25, -0.2) is 9.78 Å². The van der Waals surface area contributed by atoms with Crippen molar-refractivity contribution >= 4 is 11.7 Å². The quantitative estimate of drug-likeness (QED) is 0.762. The number of ether oxygens (including phenoxy) is 2. The Labute approximate surface area is 143 Å². The van der Waals surface area contributed by atoms with Crippen LogP contribution in [0.1, 0.15) is 5.89 Å². The number of anilines is 1. The van der Waals surface area contributed by atoms with E-state index in [0.29, 0.717) is 28.8 Å². The van der Waals surface area contributed by atoms with E-state index >= 15 is 0 Å². The molecule has 0 atom stereocenters. The first-order valence-corrected chi connectivity index (χ1v) is 7.72. The van der Waals surface area contributed by atoms with Crippen LogP contribution >= 0.6 is 0 Å². The van der Waals surface area contributed by atoms with Gasteiger partial charge in [-0.1, -0.05) is 30.3 Å². The zero-order valence-electron chi connectivity index (χ0n) is 13.2. The summed E-state index contributed by atoms with van der Waals surface area (Å²) >= 11 is 0. The molecule has 126 valence electrons. The van der Waals surface area contributed by atoms with Crippen LogP contribution in [-0.4, -0.2) is 17.8 Å². The van der Waals surface area contributed by atoms with Crippen LogP contribution in [0.15, 0.2) is 59.1 Å². The van der Waals surface area contributed by atoms with Gasteiger partial charge in [0.05, 0.1) is 12.7 Å². The molecule has 2 N–H and O–H groups in total. The second-order valence-corrected chi connectivity index (χ2v) is 5.36. The van der Waals surface area contributed by atoms with Gasteiger partial charge in [0, 0.05) is 17.3 Å². The molecule has 0 bridgehead atoms. The van der Waals surface area contributed by atoms with E-state index in [1.54, 1.807) is 24.4 Å². The molecule has 0 spiro atoms. The van der Waals surface area contributed by atoms with Crippen molar-refractivity contribution in [2.75, 3.05) is 12.1 Å². The number of fused-ring (bicyclic) bond motifs is 1. The van der Waals surface area contributed by atoms with Gasteiger partial charge >= 0.3 is 6.03 Å². The summed E-state index contributed by atoms with van der Waals surface area (Å²) in [6, 6.07) is 14.5. The van der Waals surface area contributed by atoms with E-state index in [4.69, 9.17) is 13.9 Å². The van der Waals surface area contributed by atoms with E-state index in [9.17, 15) is 4.79 Å². The summed E-state index contributed by atoms with van der Waals surface area (Å²) in [5.41, 5.74) is 1.55. The largest absolute Gasteiger partial charge is 0.454 e. The predicted molar refractivity (Wildman–Crippen MR) is 90.4 cm³/mol. The molecule has 0 saturated carbocycles. The maximum Gasteiger partial charge on any atom is 0.319 e. The summed E-state index contributed by atoms with van der Waals surface area (Å²) < 4.78 is 16.1. The molecule has 25 heavy (non-hydrogen) atoms. The molecule has 1 aliphatic heterocycles. The highest BCUT2D eigenvalue weighted by Crippen LogP contribution is 2.34. The molecule has 0 fully saturated rings. The van der Waals surface area contributed by atoms with Crippen LogP contribution in [0.3, 0.4) is 0 Å². The number of carbonyl (C=O) groups excluding carboxylic acids is 1. The molecule has 1 aliphatic rings. The summed E-state index contributed by atoms with van der Waals surface area (Å²) in [7, 11) is 0. The minimum absolute atomic E-state index is 0.184. The Hall–Kier alpha value is -3.48. The summed E-state index contributed by atoms with van der Waals surface area (Å²) in [5, 5.41) is 5.43. The van der Waals surface area contributed by atoms with Crippen LogP contribution < -0.4 is 20.1 Å². The fourth-order valence-electron chi connectivity index (χ4n) is 2.43. The normalized spacial score (nSPS) is 12.0. The smallest absolute Gasteiger partial charge is 0.319 e. The molecule has 1 aromatic heterocycles. The van der Waals surface area contributed by atoms with Crippen molar-refractivity contribution in [3.8, 4) is 22.8 Å². The lowest BCUT2D eigenvalue weighted by atomic mass is 10.2. The molecule has 0 radical (unpaired) electrons. The molecule has 3 aromatic rings. The maximum atomic E-state index is 12.0. The SMILES string of the molecule is O=C(NCc1ncc(-c2ccccc2)o1)Nc1ccc2c(c1)OCO2. The third-order valence-corrected chi connectivity index (χ3v) is 3.64. The Balaban J connectivity index is 1.34. The van der Waals surface area contributed by atoms with Gasteiger partial charge in [-0.2, -0.15) is 0 Å². The molecular weight excluding hydrogens is 322 g/mol. The summed E-state index contributed by atoms with van der Waals surface area (Å²) in [6.07, 6.45) is 1.64. The first kappa shape index (κ1) is 15.1. The number of urea groups is 1. The van der Waals surface area contributed by atoms with Crippen molar-refractivity contribution in [1.29, 1.82) is 0 Å². The predicted octanol–water partition coefficient (Wildman–Crippen LogP) is 3.39. The van der Waals surface area contributed by atoms with Gasteiger partial charge in [-0.3, -0.25) is 0 Å². The first-order valence-electron chi connectivity index (χ1n) is 7.72. The second-order valence-electron chi connectivity index (χ2n) is 5.36. The molecule has 2 amide bonds. The number of rotatable bonds is 4.